The number of ketones is 1. The summed E-state index contributed by atoms with van der Waals surface area (Å²) >= 11 is 1.83. The van der Waals surface area contributed by atoms with E-state index in [0.29, 0.717) is 18.3 Å². The molecule has 2 aromatic carbocycles. The van der Waals surface area contributed by atoms with Crippen LogP contribution in [0.4, 0.5) is 0 Å². The smallest absolute Gasteiger partial charge is 0.163 e. The van der Waals surface area contributed by atoms with Crippen molar-refractivity contribution < 1.29 is 9.53 Å². The first-order chi connectivity index (χ1) is 11.1. The van der Waals surface area contributed by atoms with Crippen molar-refractivity contribution in [1.29, 1.82) is 0 Å². The van der Waals surface area contributed by atoms with E-state index in [4.69, 9.17) is 4.74 Å². The van der Waals surface area contributed by atoms with Gasteiger partial charge in [0.2, 0.25) is 0 Å². The molecule has 0 heterocycles. The standard InChI is InChI=1S/C20H24O2S/c1-4-22-19-11-9-17(10-12-19)16-5-7-18(8-6-16)20(21)13-14-23-15(2)3/h5-12,15H,4,13-14H2,1-3H3. The van der Waals surface area contributed by atoms with Gasteiger partial charge < -0.3 is 4.74 Å². The summed E-state index contributed by atoms with van der Waals surface area (Å²) in [6.45, 7) is 6.95. The van der Waals surface area contributed by atoms with E-state index >= 15 is 0 Å². The number of ether oxygens (including phenoxy) is 1. The van der Waals surface area contributed by atoms with Crippen LogP contribution in [0.2, 0.25) is 0 Å². The van der Waals surface area contributed by atoms with Crippen molar-refractivity contribution in [2.45, 2.75) is 32.4 Å². The Balaban J connectivity index is 1.99. The van der Waals surface area contributed by atoms with Crippen LogP contribution in [0.1, 0.15) is 37.6 Å². The zero-order chi connectivity index (χ0) is 16.7. The van der Waals surface area contributed by atoms with Gasteiger partial charge in [-0.15, -0.1) is 0 Å². The Morgan fingerprint density at radius 2 is 1.57 bits per heavy atom. The van der Waals surface area contributed by atoms with Crippen molar-refractivity contribution in [3.05, 3.63) is 54.1 Å². The number of hydrogen-bond acceptors (Lipinski definition) is 3. The number of rotatable bonds is 8. The lowest BCUT2D eigenvalue weighted by Crippen LogP contribution is -2.02. The Morgan fingerprint density at radius 3 is 2.09 bits per heavy atom. The van der Waals surface area contributed by atoms with E-state index in [1.54, 1.807) is 0 Å². The highest BCUT2D eigenvalue weighted by atomic mass is 32.2. The van der Waals surface area contributed by atoms with Crippen LogP contribution >= 0.6 is 11.8 Å². The molecule has 2 rings (SSSR count). The number of Topliss-reactive ketones (excluding diaryl/α,β-unsaturated/α-hetero) is 1. The topological polar surface area (TPSA) is 26.3 Å². The molecule has 0 aliphatic carbocycles. The molecule has 0 radical (unpaired) electrons. The zero-order valence-corrected chi connectivity index (χ0v) is 14.9. The number of benzene rings is 2. The maximum Gasteiger partial charge on any atom is 0.163 e. The molecule has 122 valence electrons. The van der Waals surface area contributed by atoms with Crippen LogP contribution < -0.4 is 4.74 Å². The molecule has 0 unspecified atom stereocenters. The third kappa shape index (κ3) is 5.43. The molecule has 0 N–H and O–H groups in total. The minimum atomic E-state index is 0.219. The highest BCUT2D eigenvalue weighted by Gasteiger charge is 2.07. The summed E-state index contributed by atoms with van der Waals surface area (Å²) in [5, 5.41) is 0.574. The molecule has 0 bridgehead atoms. The van der Waals surface area contributed by atoms with Gasteiger partial charge in [-0.3, -0.25) is 4.79 Å². The third-order valence-electron chi connectivity index (χ3n) is 3.49. The van der Waals surface area contributed by atoms with Crippen LogP contribution in [0.25, 0.3) is 11.1 Å². The molecular weight excluding hydrogens is 304 g/mol. The Kier molecular flexibility index (Phi) is 6.72. The van der Waals surface area contributed by atoms with Crippen molar-refractivity contribution in [3.63, 3.8) is 0 Å². The molecule has 0 amide bonds. The molecule has 0 fully saturated rings. The number of hydrogen-bond donors (Lipinski definition) is 0. The van der Waals surface area contributed by atoms with E-state index in [9.17, 15) is 4.79 Å². The molecule has 23 heavy (non-hydrogen) atoms. The van der Waals surface area contributed by atoms with Gasteiger partial charge in [0.25, 0.3) is 0 Å². The molecule has 3 heteroatoms. The van der Waals surface area contributed by atoms with Crippen LogP contribution in [-0.4, -0.2) is 23.4 Å². The van der Waals surface area contributed by atoms with E-state index < -0.39 is 0 Å². The number of carbonyl (C=O) groups is 1. The fourth-order valence-corrected chi connectivity index (χ4v) is 3.07. The lowest BCUT2D eigenvalue weighted by atomic mass is 10.0. The van der Waals surface area contributed by atoms with Gasteiger partial charge in [-0.2, -0.15) is 11.8 Å². The van der Waals surface area contributed by atoms with Gasteiger partial charge in [0.05, 0.1) is 6.61 Å². The SMILES string of the molecule is CCOc1ccc(-c2ccc(C(=O)CCSC(C)C)cc2)cc1. The number of carbonyl (C=O) groups excluding carboxylic acids is 1. The predicted octanol–water partition coefficient (Wildman–Crippen LogP) is 5.47. The van der Waals surface area contributed by atoms with E-state index in [1.165, 1.54) is 0 Å². The molecule has 2 nitrogen and oxygen atoms in total. The van der Waals surface area contributed by atoms with E-state index in [-0.39, 0.29) is 5.78 Å². The minimum Gasteiger partial charge on any atom is -0.494 e. The van der Waals surface area contributed by atoms with Gasteiger partial charge in [-0.05, 0) is 35.4 Å². The van der Waals surface area contributed by atoms with Crippen LogP contribution in [0.15, 0.2) is 48.5 Å². The van der Waals surface area contributed by atoms with Gasteiger partial charge in [0.15, 0.2) is 5.78 Å². The molecule has 0 saturated heterocycles. The predicted molar refractivity (Wildman–Crippen MR) is 99.6 cm³/mol. The fourth-order valence-electron chi connectivity index (χ4n) is 2.29. The van der Waals surface area contributed by atoms with Gasteiger partial charge >= 0.3 is 0 Å². The summed E-state index contributed by atoms with van der Waals surface area (Å²) in [6.07, 6.45) is 0.602. The quantitative estimate of drug-likeness (QED) is 0.601. The van der Waals surface area contributed by atoms with Crippen molar-refractivity contribution in [1.82, 2.24) is 0 Å². The largest absolute Gasteiger partial charge is 0.494 e. The Morgan fingerprint density at radius 1 is 1.00 bits per heavy atom. The fraction of sp³-hybridized carbons (Fsp3) is 0.350. The van der Waals surface area contributed by atoms with E-state index in [2.05, 4.69) is 13.8 Å². The second-order valence-electron chi connectivity index (χ2n) is 5.63. The first kappa shape index (κ1) is 17.6. The summed E-state index contributed by atoms with van der Waals surface area (Å²) in [7, 11) is 0. The molecule has 0 aromatic heterocycles. The first-order valence-corrected chi connectivity index (χ1v) is 9.13. The van der Waals surface area contributed by atoms with Crippen molar-refractivity contribution >= 4 is 17.5 Å². The summed E-state index contributed by atoms with van der Waals surface area (Å²) < 4.78 is 5.45. The average Bonchev–Trinajstić information content (AvgIpc) is 2.55. The van der Waals surface area contributed by atoms with E-state index in [0.717, 1.165) is 28.2 Å². The Hall–Kier alpha value is -1.74. The van der Waals surface area contributed by atoms with Crippen LogP contribution in [0.5, 0.6) is 5.75 Å². The third-order valence-corrected chi connectivity index (χ3v) is 4.59. The molecule has 0 saturated carbocycles. The monoisotopic (exact) mass is 328 g/mol. The van der Waals surface area contributed by atoms with Crippen LogP contribution in [0.3, 0.4) is 0 Å². The van der Waals surface area contributed by atoms with Gasteiger partial charge in [-0.1, -0.05) is 50.2 Å². The maximum absolute atomic E-state index is 12.2. The summed E-state index contributed by atoms with van der Waals surface area (Å²) in [5.41, 5.74) is 3.04. The average molecular weight is 328 g/mol. The lowest BCUT2D eigenvalue weighted by molar-refractivity contribution is 0.0989. The molecule has 2 aromatic rings. The summed E-state index contributed by atoms with van der Waals surface area (Å²) in [6, 6.07) is 15.9. The normalized spacial score (nSPS) is 10.8. The molecule has 0 aliphatic heterocycles. The van der Waals surface area contributed by atoms with Crippen LogP contribution in [0, 0.1) is 0 Å². The Labute approximate surface area is 143 Å². The zero-order valence-electron chi connectivity index (χ0n) is 14.0. The summed E-state index contributed by atoms with van der Waals surface area (Å²) in [4.78, 5) is 12.2. The second-order valence-corrected chi connectivity index (χ2v) is 7.31. The van der Waals surface area contributed by atoms with E-state index in [1.807, 2.05) is 67.2 Å². The van der Waals surface area contributed by atoms with Crippen LogP contribution in [-0.2, 0) is 0 Å². The molecule has 0 aliphatic rings. The van der Waals surface area contributed by atoms with Gasteiger partial charge in [0.1, 0.15) is 5.75 Å². The molecule has 0 spiro atoms. The molecular formula is C20H24O2S. The van der Waals surface area contributed by atoms with Crippen molar-refractivity contribution in [3.8, 4) is 16.9 Å². The number of thioether (sulfide) groups is 1. The van der Waals surface area contributed by atoms with Crippen molar-refractivity contribution in [2.75, 3.05) is 12.4 Å². The summed E-state index contributed by atoms with van der Waals surface area (Å²) in [5.74, 6) is 1.99. The van der Waals surface area contributed by atoms with Gasteiger partial charge in [0, 0.05) is 17.7 Å². The maximum atomic E-state index is 12.2. The van der Waals surface area contributed by atoms with Gasteiger partial charge in [-0.25, -0.2) is 0 Å². The highest BCUT2D eigenvalue weighted by Crippen LogP contribution is 2.23. The highest BCUT2D eigenvalue weighted by molar-refractivity contribution is 7.99. The second kappa shape index (κ2) is 8.78. The Bertz CT molecular complexity index is 615. The minimum absolute atomic E-state index is 0.219. The first-order valence-electron chi connectivity index (χ1n) is 8.08. The lowest BCUT2D eigenvalue weighted by Gasteiger charge is -2.07. The molecule has 0 atom stereocenters. The van der Waals surface area contributed by atoms with Crippen molar-refractivity contribution in [2.24, 2.45) is 0 Å².